The Balaban J connectivity index is 1.80. The van der Waals surface area contributed by atoms with Crippen LogP contribution in [0, 0.1) is 11.7 Å². The van der Waals surface area contributed by atoms with Gasteiger partial charge in [-0.1, -0.05) is 12.1 Å². The third-order valence-corrected chi connectivity index (χ3v) is 5.72. The first kappa shape index (κ1) is 17.7. The van der Waals surface area contributed by atoms with Crippen molar-refractivity contribution < 1.29 is 14.3 Å². The quantitative estimate of drug-likeness (QED) is 0.745. The first-order valence-electron chi connectivity index (χ1n) is 8.73. The van der Waals surface area contributed by atoms with Gasteiger partial charge in [0.2, 0.25) is 5.95 Å². The number of carbonyl (C=O) groups is 1. The van der Waals surface area contributed by atoms with Gasteiger partial charge in [-0.15, -0.1) is 11.3 Å². The maximum Gasteiger partial charge on any atom is 0.308 e. The minimum absolute atomic E-state index is 0.182. The number of piperidine rings is 1. The molecule has 1 aromatic carbocycles. The number of rotatable bonds is 4. The zero-order chi connectivity index (χ0) is 19.0. The molecule has 0 spiro atoms. The van der Waals surface area contributed by atoms with Gasteiger partial charge in [0.05, 0.1) is 18.0 Å². The van der Waals surface area contributed by atoms with Crippen LogP contribution < -0.4 is 10.5 Å². The van der Waals surface area contributed by atoms with E-state index in [-0.39, 0.29) is 17.9 Å². The highest BCUT2D eigenvalue weighted by atomic mass is 32.1. The van der Waals surface area contributed by atoms with Gasteiger partial charge in [-0.25, -0.2) is 9.37 Å². The predicted octanol–water partition coefficient (Wildman–Crippen LogP) is 2.95. The van der Waals surface area contributed by atoms with Crippen LogP contribution in [0.15, 0.2) is 40.5 Å². The Morgan fingerprint density at radius 3 is 3.00 bits per heavy atom. The van der Waals surface area contributed by atoms with Gasteiger partial charge in [0, 0.05) is 13.1 Å². The Labute approximate surface area is 158 Å². The second-order valence-electron chi connectivity index (χ2n) is 6.69. The van der Waals surface area contributed by atoms with Crippen LogP contribution in [0.3, 0.4) is 0 Å². The monoisotopic (exact) mass is 387 g/mol. The number of anilines is 1. The molecule has 0 aliphatic carbocycles. The van der Waals surface area contributed by atoms with Crippen molar-refractivity contribution in [2.45, 2.75) is 19.4 Å². The Bertz CT molecular complexity index is 1060. The van der Waals surface area contributed by atoms with E-state index >= 15 is 0 Å². The van der Waals surface area contributed by atoms with Crippen molar-refractivity contribution in [1.29, 1.82) is 0 Å². The third kappa shape index (κ3) is 3.44. The average molecular weight is 387 g/mol. The second kappa shape index (κ2) is 7.11. The molecular formula is C19H18FN3O3S. The highest BCUT2D eigenvalue weighted by Gasteiger charge is 2.28. The van der Waals surface area contributed by atoms with E-state index in [1.54, 1.807) is 18.2 Å². The van der Waals surface area contributed by atoms with Gasteiger partial charge >= 0.3 is 5.97 Å². The fraction of sp³-hybridized carbons (Fsp3) is 0.316. The van der Waals surface area contributed by atoms with E-state index in [0.29, 0.717) is 47.7 Å². The SMILES string of the molecule is O=C(O)C1CCCN(c2nc3ccsc3c(=O)n2Cc2cccc(F)c2)C1. The van der Waals surface area contributed by atoms with Crippen molar-refractivity contribution in [1.82, 2.24) is 9.55 Å². The lowest BCUT2D eigenvalue weighted by molar-refractivity contribution is -0.141. The fourth-order valence-corrected chi connectivity index (χ4v) is 4.27. The van der Waals surface area contributed by atoms with E-state index < -0.39 is 11.9 Å². The molecule has 8 heteroatoms. The Hall–Kier alpha value is -2.74. The molecular weight excluding hydrogens is 369 g/mol. The number of carboxylic acids is 1. The number of fused-ring (bicyclic) bond motifs is 1. The molecule has 1 aliphatic heterocycles. The fourth-order valence-electron chi connectivity index (χ4n) is 3.49. The van der Waals surface area contributed by atoms with Crippen LogP contribution in [0.2, 0.25) is 0 Å². The molecule has 1 saturated heterocycles. The summed E-state index contributed by atoms with van der Waals surface area (Å²) >= 11 is 1.32. The van der Waals surface area contributed by atoms with E-state index in [1.165, 1.54) is 28.0 Å². The van der Waals surface area contributed by atoms with Crippen LogP contribution in [-0.2, 0) is 11.3 Å². The highest BCUT2D eigenvalue weighted by molar-refractivity contribution is 7.17. The molecule has 4 rings (SSSR count). The average Bonchev–Trinajstić information content (AvgIpc) is 3.13. The summed E-state index contributed by atoms with van der Waals surface area (Å²) in [5.74, 6) is -1.25. The molecule has 1 fully saturated rings. The lowest BCUT2D eigenvalue weighted by Crippen LogP contribution is -2.42. The van der Waals surface area contributed by atoms with Crippen LogP contribution in [0.4, 0.5) is 10.3 Å². The number of aromatic nitrogens is 2. The van der Waals surface area contributed by atoms with Gasteiger partial charge < -0.3 is 10.0 Å². The molecule has 2 aromatic heterocycles. The Morgan fingerprint density at radius 2 is 2.22 bits per heavy atom. The molecule has 0 bridgehead atoms. The minimum Gasteiger partial charge on any atom is -0.481 e. The lowest BCUT2D eigenvalue weighted by Gasteiger charge is -2.32. The zero-order valence-electron chi connectivity index (χ0n) is 14.5. The standard InChI is InChI=1S/C19H18FN3O3S/c20-14-5-1-3-12(9-14)10-23-17(24)16-15(6-8-27-16)21-19(23)22-7-2-4-13(11-22)18(25)26/h1,3,5-6,8-9,13H,2,4,7,10-11H2,(H,25,26). The van der Waals surface area contributed by atoms with Crippen LogP contribution in [0.25, 0.3) is 10.2 Å². The van der Waals surface area contributed by atoms with Crippen molar-refractivity contribution >= 4 is 33.5 Å². The number of carboxylic acid groups (broad SMARTS) is 1. The summed E-state index contributed by atoms with van der Waals surface area (Å²) in [6.45, 7) is 1.12. The van der Waals surface area contributed by atoms with Crippen molar-refractivity contribution in [3.8, 4) is 0 Å². The molecule has 1 atom stereocenters. The number of thiophene rings is 1. The lowest BCUT2D eigenvalue weighted by atomic mass is 9.99. The minimum atomic E-state index is -0.838. The van der Waals surface area contributed by atoms with E-state index in [0.717, 1.165) is 0 Å². The van der Waals surface area contributed by atoms with E-state index in [2.05, 4.69) is 4.98 Å². The number of nitrogens with zero attached hydrogens (tertiary/aromatic N) is 3. The van der Waals surface area contributed by atoms with Gasteiger partial charge in [-0.3, -0.25) is 14.2 Å². The zero-order valence-corrected chi connectivity index (χ0v) is 15.3. The molecule has 0 radical (unpaired) electrons. The first-order valence-corrected chi connectivity index (χ1v) is 9.61. The van der Waals surface area contributed by atoms with Crippen LogP contribution in [0.5, 0.6) is 0 Å². The Morgan fingerprint density at radius 1 is 1.37 bits per heavy atom. The normalized spacial score (nSPS) is 17.4. The molecule has 0 amide bonds. The topological polar surface area (TPSA) is 75.4 Å². The summed E-state index contributed by atoms with van der Waals surface area (Å²) in [6.07, 6.45) is 1.33. The summed E-state index contributed by atoms with van der Waals surface area (Å²) < 4.78 is 15.7. The largest absolute Gasteiger partial charge is 0.481 e. The summed E-state index contributed by atoms with van der Waals surface area (Å²) in [6, 6.07) is 7.90. The first-order chi connectivity index (χ1) is 13.0. The Kier molecular flexibility index (Phi) is 4.65. The predicted molar refractivity (Wildman–Crippen MR) is 102 cm³/mol. The maximum atomic E-state index is 13.6. The summed E-state index contributed by atoms with van der Waals surface area (Å²) in [5, 5.41) is 11.2. The number of hydrogen-bond donors (Lipinski definition) is 1. The molecule has 3 aromatic rings. The molecule has 140 valence electrons. The summed E-state index contributed by atoms with van der Waals surface area (Å²) in [7, 11) is 0. The van der Waals surface area contributed by atoms with Gasteiger partial charge in [-0.05, 0) is 42.0 Å². The van der Waals surface area contributed by atoms with Gasteiger partial charge in [0.1, 0.15) is 10.5 Å². The highest BCUT2D eigenvalue weighted by Crippen LogP contribution is 2.25. The van der Waals surface area contributed by atoms with Gasteiger partial charge in [0.25, 0.3) is 5.56 Å². The molecule has 27 heavy (non-hydrogen) atoms. The van der Waals surface area contributed by atoms with Gasteiger partial charge in [0.15, 0.2) is 0 Å². The van der Waals surface area contributed by atoms with Gasteiger partial charge in [-0.2, -0.15) is 0 Å². The molecule has 1 aliphatic rings. The maximum absolute atomic E-state index is 13.6. The molecule has 1 N–H and O–H groups in total. The molecule has 0 saturated carbocycles. The van der Waals surface area contributed by atoms with Crippen LogP contribution in [0.1, 0.15) is 18.4 Å². The smallest absolute Gasteiger partial charge is 0.308 e. The molecule has 3 heterocycles. The van der Waals surface area contributed by atoms with Crippen molar-refractivity contribution in [2.75, 3.05) is 18.0 Å². The number of aliphatic carboxylic acids is 1. The van der Waals surface area contributed by atoms with Crippen LogP contribution in [-0.4, -0.2) is 33.7 Å². The van der Waals surface area contributed by atoms with Crippen molar-refractivity contribution in [2.24, 2.45) is 5.92 Å². The molecule has 1 unspecified atom stereocenters. The van der Waals surface area contributed by atoms with E-state index in [4.69, 9.17) is 0 Å². The summed E-state index contributed by atoms with van der Waals surface area (Å²) in [5.41, 5.74) is 1.07. The molecule has 6 nitrogen and oxygen atoms in total. The van der Waals surface area contributed by atoms with E-state index in [1.807, 2.05) is 10.3 Å². The van der Waals surface area contributed by atoms with Crippen molar-refractivity contribution in [3.63, 3.8) is 0 Å². The number of halogens is 1. The van der Waals surface area contributed by atoms with Crippen LogP contribution >= 0.6 is 11.3 Å². The second-order valence-corrected chi connectivity index (χ2v) is 7.61. The third-order valence-electron chi connectivity index (χ3n) is 4.83. The van der Waals surface area contributed by atoms with E-state index in [9.17, 15) is 19.1 Å². The number of benzene rings is 1. The van der Waals surface area contributed by atoms with Crippen molar-refractivity contribution in [3.05, 3.63) is 57.4 Å². The number of hydrogen-bond acceptors (Lipinski definition) is 5. The summed E-state index contributed by atoms with van der Waals surface area (Å²) in [4.78, 5) is 31.0.